The van der Waals surface area contributed by atoms with Gasteiger partial charge in [0.25, 0.3) is 0 Å². The number of anilines is 1. The zero-order chi connectivity index (χ0) is 15.1. The molecule has 2 heterocycles. The number of nitrogens with zero attached hydrogens (tertiary/aromatic N) is 2. The lowest BCUT2D eigenvalue weighted by Crippen LogP contribution is -2.37. The van der Waals surface area contributed by atoms with E-state index in [0.29, 0.717) is 5.11 Å². The Morgan fingerprint density at radius 1 is 1.52 bits per heavy atom. The minimum absolute atomic E-state index is 0.653. The van der Waals surface area contributed by atoms with E-state index >= 15 is 0 Å². The maximum Gasteiger partial charge on any atom is 0.171 e. The van der Waals surface area contributed by atoms with Crippen molar-refractivity contribution in [2.45, 2.75) is 33.1 Å². The Morgan fingerprint density at radius 3 is 3.14 bits per heavy atom. The second-order valence-electron chi connectivity index (χ2n) is 6.00. The maximum absolute atomic E-state index is 5.29. The van der Waals surface area contributed by atoms with Gasteiger partial charge in [-0.05, 0) is 75.1 Å². The number of aromatic nitrogens is 1. The summed E-state index contributed by atoms with van der Waals surface area (Å²) >= 11 is 5.29. The first-order valence-corrected chi connectivity index (χ1v) is 8.24. The molecule has 0 radical (unpaired) electrons. The standard InChI is InChI=1S/C16H26N4S/c1-13-6-8-17-15(11-13)19-16(21)18-7-4-10-20-9-3-5-14(2)12-20/h6,8,11,14H,3-5,7,9-10,12H2,1-2H3,(H2,17,18,19,21). The zero-order valence-electron chi connectivity index (χ0n) is 13.1. The molecule has 116 valence electrons. The monoisotopic (exact) mass is 306 g/mol. The van der Waals surface area contributed by atoms with Crippen LogP contribution in [0.3, 0.4) is 0 Å². The van der Waals surface area contributed by atoms with Crippen LogP contribution < -0.4 is 10.6 Å². The normalized spacial score (nSPS) is 19.2. The average molecular weight is 306 g/mol. The van der Waals surface area contributed by atoms with Crippen LogP contribution >= 0.6 is 12.2 Å². The lowest BCUT2D eigenvalue weighted by Gasteiger charge is -2.30. The highest BCUT2D eigenvalue weighted by atomic mass is 32.1. The number of rotatable bonds is 5. The van der Waals surface area contributed by atoms with E-state index in [1.165, 1.54) is 31.5 Å². The van der Waals surface area contributed by atoms with Gasteiger partial charge in [-0.1, -0.05) is 6.92 Å². The Morgan fingerprint density at radius 2 is 2.38 bits per heavy atom. The van der Waals surface area contributed by atoms with E-state index in [1.807, 2.05) is 19.1 Å². The van der Waals surface area contributed by atoms with Gasteiger partial charge >= 0.3 is 0 Å². The van der Waals surface area contributed by atoms with Crippen LogP contribution in [0.4, 0.5) is 5.82 Å². The highest BCUT2D eigenvalue weighted by Gasteiger charge is 2.15. The highest BCUT2D eigenvalue weighted by molar-refractivity contribution is 7.80. The van der Waals surface area contributed by atoms with Crippen LogP contribution in [0.5, 0.6) is 0 Å². The summed E-state index contributed by atoms with van der Waals surface area (Å²) in [6, 6.07) is 3.96. The first kappa shape index (κ1) is 16.2. The minimum Gasteiger partial charge on any atom is -0.362 e. The number of pyridine rings is 1. The van der Waals surface area contributed by atoms with Crippen LogP contribution in [-0.2, 0) is 0 Å². The first-order chi connectivity index (χ1) is 10.1. The molecule has 0 spiro atoms. The predicted molar refractivity (Wildman–Crippen MR) is 92.7 cm³/mol. The third-order valence-corrected chi connectivity index (χ3v) is 4.08. The molecule has 0 aliphatic carbocycles. The lowest BCUT2D eigenvalue weighted by atomic mass is 10.0. The van der Waals surface area contributed by atoms with Gasteiger partial charge < -0.3 is 15.5 Å². The molecule has 2 rings (SSSR count). The molecule has 1 fully saturated rings. The molecule has 1 aliphatic heterocycles. The van der Waals surface area contributed by atoms with Crippen LogP contribution in [0.1, 0.15) is 31.7 Å². The second-order valence-corrected chi connectivity index (χ2v) is 6.41. The summed E-state index contributed by atoms with van der Waals surface area (Å²) in [6.45, 7) is 8.95. The van der Waals surface area contributed by atoms with Gasteiger partial charge in [0.05, 0.1) is 0 Å². The van der Waals surface area contributed by atoms with Crippen LogP contribution in [0.2, 0.25) is 0 Å². The Hall–Kier alpha value is -1.20. The number of hydrogen-bond acceptors (Lipinski definition) is 3. The molecule has 0 saturated carbocycles. The molecule has 4 nitrogen and oxygen atoms in total. The first-order valence-electron chi connectivity index (χ1n) is 7.83. The molecule has 1 saturated heterocycles. The number of aryl methyl sites for hydroxylation is 1. The molecule has 2 N–H and O–H groups in total. The van der Waals surface area contributed by atoms with E-state index < -0.39 is 0 Å². The van der Waals surface area contributed by atoms with E-state index in [9.17, 15) is 0 Å². The van der Waals surface area contributed by atoms with Gasteiger partial charge in [0.15, 0.2) is 5.11 Å². The molecular weight excluding hydrogens is 280 g/mol. The zero-order valence-corrected chi connectivity index (χ0v) is 13.9. The Balaban J connectivity index is 1.61. The van der Waals surface area contributed by atoms with Gasteiger partial charge in [-0.3, -0.25) is 0 Å². The molecular formula is C16H26N4S. The van der Waals surface area contributed by atoms with E-state index in [1.54, 1.807) is 6.20 Å². The molecule has 5 heteroatoms. The van der Waals surface area contributed by atoms with Crippen molar-refractivity contribution in [3.05, 3.63) is 23.9 Å². The smallest absolute Gasteiger partial charge is 0.171 e. The summed E-state index contributed by atoms with van der Waals surface area (Å²) < 4.78 is 0. The maximum atomic E-state index is 5.29. The Bertz CT molecular complexity index is 463. The minimum atomic E-state index is 0.653. The van der Waals surface area contributed by atoms with Crippen molar-refractivity contribution in [2.24, 2.45) is 5.92 Å². The van der Waals surface area contributed by atoms with E-state index in [0.717, 1.165) is 31.2 Å². The van der Waals surface area contributed by atoms with Crippen molar-refractivity contribution in [1.29, 1.82) is 0 Å². The summed E-state index contributed by atoms with van der Waals surface area (Å²) in [5, 5.41) is 7.03. The summed E-state index contributed by atoms with van der Waals surface area (Å²) in [5.74, 6) is 1.65. The van der Waals surface area contributed by atoms with Crippen molar-refractivity contribution in [3.63, 3.8) is 0 Å². The van der Waals surface area contributed by atoms with Crippen LogP contribution in [0.25, 0.3) is 0 Å². The van der Waals surface area contributed by atoms with Gasteiger partial charge in [0, 0.05) is 19.3 Å². The van der Waals surface area contributed by atoms with Crippen molar-refractivity contribution in [2.75, 3.05) is 31.5 Å². The van der Waals surface area contributed by atoms with Crippen LogP contribution in [0, 0.1) is 12.8 Å². The van der Waals surface area contributed by atoms with Gasteiger partial charge in [-0.25, -0.2) is 4.98 Å². The fourth-order valence-corrected chi connectivity index (χ4v) is 2.97. The number of piperidine rings is 1. The highest BCUT2D eigenvalue weighted by Crippen LogP contribution is 2.15. The molecule has 21 heavy (non-hydrogen) atoms. The molecule has 0 bridgehead atoms. The fourth-order valence-electron chi connectivity index (χ4n) is 2.76. The number of likely N-dealkylation sites (tertiary alicyclic amines) is 1. The molecule has 0 aromatic carbocycles. The third kappa shape index (κ3) is 5.98. The van der Waals surface area contributed by atoms with E-state index in [2.05, 4.69) is 27.4 Å². The Labute approximate surface area is 133 Å². The molecule has 1 aromatic heterocycles. The molecule has 0 amide bonds. The van der Waals surface area contributed by atoms with E-state index in [4.69, 9.17) is 12.2 Å². The van der Waals surface area contributed by atoms with Crippen molar-refractivity contribution >= 4 is 23.1 Å². The number of thiocarbonyl (C=S) groups is 1. The van der Waals surface area contributed by atoms with Crippen LogP contribution in [-0.4, -0.2) is 41.2 Å². The fraction of sp³-hybridized carbons (Fsp3) is 0.625. The topological polar surface area (TPSA) is 40.2 Å². The average Bonchev–Trinajstić information content (AvgIpc) is 2.44. The SMILES string of the molecule is Cc1ccnc(NC(=S)NCCCN2CCCC(C)C2)c1. The van der Waals surface area contributed by atoms with Crippen molar-refractivity contribution in [1.82, 2.24) is 15.2 Å². The van der Waals surface area contributed by atoms with Crippen molar-refractivity contribution in [3.8, 4) is 0 Å². The van der Waals surface area contributed by atoms with Gasteiger partial charge in [-0.2, -0.15) is 0 Å². The summed E-state index contributed by atoms with van der Waals surface area (Å²) in [6.07, 6.45) is 5.63. The van der Waals surface area contributed by atoms with Gasteiger partial charge in [0.1, 0.15) is 5.82 Å². The Kier molecular flexibility index (Phi) is 6.39. The van der Waals surface area contributed by atoms with E-state index in [-0.39, 0.29) is 0 Å². The predicted octanol–water partition coefficient (Wildman–Crippen LogP) is 2.80. The summed E-state index contributed by atoms with van der Waals surface area (Å²) in [7, 11) is 0. The molecule has 1 unspecified atom stereocenters. The van der Waals surface area contributed by atoms with Crippen molar-refractivity contribution < 1.29 is 0 Å². The molecule has 1 atom stereocenters. The second kappa shape index (κ2) is 8.29. The summed E-state index contributed by atoms with van der Waals surface area (Å²) in [4.78, 5) is 6.81. The molecule has 1 aliphatic rings. The number of hydrogen-bond donors (Lipinski definition) is 2. The summed E-state index contributed by atoms with van der Waals surface area (Å²) in [5.41, 5.74) is 1.18. The van der Waals surface area contributed by atoms with Gasteiger partial charge in [-0.15, -0.1) is 0 Å². The third-order valence-electron chi connectivity index (χ3n) is 3.83. The van der Waals surface area contributed by atoms with Gasteiger partial charge in [0.2, 0.25) is 0 Å². The number of nitrogens with one attached hydrogen (secondary N) is 2. The quantitative estimate of drug-likeness (QED) is 0.646. The largest absolute Gasteiger partial charge is 0.362 e. The van der Waals surface area contributed by atoms with Crippen LogP contribution in [0.15, 0.2) is 18.3 Å². The lowest BCUT2D eigenvalue weighted by molar-refractivity contribution is 0.182. The molecule has 1 aromatic rings.